The summed E-state index contributed by atoms with van der Waals surface area (Å²) in [5, 5.41) is 0. The van der Waals surface area contributed by atoms with Gasteiger partial charge in [0.15, 0.2) is 17.5 Å². The molecule has 48 heavy (non-hydrogen) atoms. The van der Waals surface area contributed by atoms with Crippen LogP contribution in [0.15, 0.2) is 176 Å². The molecular formula is C43H29N5. The number of hydrogen-bond donors (Lipinski definition) is 0. The van der Waals surface area contributed by atoms with E-state index in [2.05, 4.69) is 131 Å². The van der Waals surface area contributed by atoms with E-state index in [0.717, 1.165) is 38.9 Å². The highest BCUT2D eigenvalue weighted by Gasteiger charge is 2.18. The van der Waals surface area contributed by atoms with Crippen molar-refractivity contribution in [2.24, 2.45) is 0 Å². The Morgan fingerprint density at radius 3 is 1.17 bits per heavy atom. The Kier molecular flexibility index (Phi) is 7.83. The molecule has 0 fully saturated rings. The highest BCUT2D eigenvalue weighted by molar-refractivity contribution is 5.94. The Balaban J connectivity index is 1.33. The van der Waals surface area contributed by atoms with E-state index in [0.29, 0.717) is 28.9 Å². The highest BCUT2D eigenvalue weighted by atomic mass is 15.1. The molecule has 0 saturated heterocycles. The van der Waals surface area contributed by atoms with Crippen molar-refractivity contribution in [1.82, 2.24) is 24.9 Å². The number of aromatic nitrogens is 5. The zero-order valence-corrected chi connectivity index (χ0v) is 26.0. The molecule has 0 unspecified atom stereocenters. The molecule has 0 aliphatic rings. The first kappa shape index (κ1) is 28.9. The molecule has 5 heteroatoms. The number of rotatable bonds is 7. The summed E-state index contributed by atoms with van der Waals surface area (Å²) in [5.41, 5.74) is 11.3. The van der Waals surface area contributed by atoms with Gasteiger partial charge in [-0.25, -0.2) is 15.0 Å². The molecule has 0 aliphatic heterocycles. The summed E-state index contributed by atoms with van der Waals surface area (Å²) >= 11 is 0. The van der Waals surface area contributed by atoms with Gasteiger partial charge in [0.2, 0.25) is 0 Å². The molecule has 8 rings (SSSR count). The van der Waals surface area contributed by atoms with E-state index in [1.165, 1.54) is 11.1 Å². The van der Waals surface area contributed by atoms with Crippen molar-refractivity contribution in [3.8, 4) is 78.9 Å². The van der Waals surface area contributed by atoms with Crippen molar-refractivity contribution in [2.75, 3.05) is 0 Å². The van der Waals surface area contributed by atoms with Crippen molar-refractivity contribution < 1.29 is 0 Å². The zero-order chi connectivity index (χ0) is 32.1. The second kappa shape index (κ2) is 13.0. The topological polar surface area (TPSA) is 64.5 Å². The smallest absolute Gasteiger partial charge is 0.182 e. The van der Waals surface area contributed by atoms with Crippen LogP contribution in [-0.2, 0) is 0 Å². The Bertz CT molecular complexity index is 2250. The van der Waals surface area contributed by atoms with E-state index in [1.54, 1.807) is 12.4 Å². The van der Waals surface area contributed by atoms with Crippen molar-refractivity contribution in [3.05, 3.63) is 176 Å². The van der Waals surface area contributed by atoms with Crippen LogP contribution in [0.3, 0.4) is 0 Å². The molecule has 0 spiro atoms. The minimum absolute atomic E-state index is 0.495. The van der Waals surface area contributed by atoms with Gasteiger partial charge in [-0.15, -0.1) is 0 Å². The lowest BCUT2D eigenvalue weighted by molar-refractivity contribution is 1.05. The van der Waals surface area contributed by atoms with E-state index in [-0.39, 0.29) is 0 Å². The van der Waals surface area contributed by atoms with Crippen molar-refractivity contribution in [2.45, 2.75) is 0 Å². The summed E-state index contributed by atoms with van der Waals surface area (Å²) in [4.78, 5) is 23.7. The van der Waals surface area contributed by atoms with E-state index < -0.39 is 0 Å². The molecule has 3 aromatic heterocycles. The van der Waals surface area contributed by atoms with Crippen molar-refractivity contribution in [3.63, 3.8) is 0 Å². The Hall–Kier alpha value is -6.59. The van der Waals surface area contributed by atoms with E-state index in [9.17, 15) is 0 Å². The third-order valence-electron chi connectivity index (χ3n) is 8.29. The lowest BCUT2D eigenvalue weighted by Crippen LogP contribution is -2.02. The molecule has 0 saturated carbocycles. The van der Waals surface area contributed by atoms with Crippen molar-refractivity contribution >= 4 is 0 Å². The lowest BCUT2D eigenvalue weighted by Gasteiger charge is -2.18. The Morgan fingerprint density at radius 2 is 0.688 bits per heavy atom. The average molecular weight is 616 g/mol. The first-order valence-electron chi connectivity index (χ1n) is 15.8. The Labute approximate surface area is 279 Å². The Morgan fingerprint density at radius 1 is 0.271 bits per heavy atom. The van der Waals surface area contributed by atoms with Gasteiger partial charge in [-0.3, -0.25) is 9.97 Å². The fourth-order valence-corrected chi connectivity index (χ4v) is 5.94. The van der Waals surface area contributed by atoms with Gasteiger partial charge < -0.3 is 0 Å². The molecule has 0 atom stereocenters. The maximum absolute atomic E-state index is 4.93. The highest BCUT2D eigenvalue weighted by Crippen LogP contribution is 2.41. The van der Waals surface area contributed by atoms with E-state index in [4.69, 9.17) is 15.0 Å². The largest absolute Gasteiger partial charge is 0.253 e. The summed E-state index contributed by atoms with van der Waals surface area (Å²) in [6.45, 7) is 0. The molecular weight excluding hydrogens is 587 g/mol. The molecule has 0 radical (unpaired) electrons. The van der Waals surface area contributed by atoms with Gasteiger partial charge in [0.1, 0.15) is 11.4 Å². The van der Waals surface area contributed by atoms with E-state index >= 15 is 0 Å². The van der Waals surface area contributed by atoms with Gasteiger partial charge in [0.25, 0.3) is 0 Å². The van der Waals surface area contributed by atoms with Crippen LogP contribution in [0.5, 0.6) is 0 Å². The van der Waals surface area contributed by atoms with Crippen LogP contribution in [0.1, 0.15) is 0 Å². The van der Waals surface area contributed by atoms with Gasteiger partial charge in [-0.2, -0.15) is 0 Å². The van der Waals surface area contributed by atoms with Crippen LogP contribution in [0.25, 0.3) is 78.9 Å². The summed E-state index contributed by atoms with van der Waals surface area (Å²) in [7, 11) is 0. The molecule has 5 nitrogen and oxygen atoms in total. The first-order chi connectivity index (χ1) is 23.8. The fourth-order valence-electron chi connectivity index (χ4n) is 5.94. The number of pyridine rings is 2. The van der Waals surface area contributed by atoms with Crippen LogP contribution in [-0.4, -0.2) is 24.9 Å². The third-order valence-corrected chi connectivity index (χ3v) is 8.29. The minimum atomic E-state index is 0.495. The van der Waals surface area contributed by atoms with Gasteiger partial charge in [0.05, 0.1) is 0 Å². The predicted molar refractivity (Wildman–Crippen MR) is 193 cm³/mol. The normalized spacial score (nSPS) is 10.9. The second-order valence-corrected chi connectivity index (χ2v) is 11.4. The summed E-state index contributed by atoms with van der Waals surface area (Å²) in [6.07, 6.45) is 3.49. The molecule has 0 amide bonds. The van der Waals surface area contributed by atoms with Crippen molar-refractivity contribution in [1.29, 1.82) is 0 Å². The monoisotopic (exact) mass is 615 g/mol. The summed E-state index contributed by atoms with van der Waals surface area (Å²) in [5.74, 6) is 1.54. The van der Waals surface area contributed by atoms with E-state index in [1.807, 2.05) is 42.5 Å². The number of benzene rings is 5. The molecule has 226 valence electrons. The van der Waals surface area contributed by atoms with Gasteiger partial charge in [-0.1, -0.05) is 127 Å². The third kappa shape index (κ3) is 5.88. The fraction of sp³-hybridized carbons (Fsp3) is 0. The van der Waals surface area contributed by atoms with Crippen LogP contribution in [0, 0.1) is 0 Å². The van der Waals surface area contributed by atoms with Crippen LogP contribution >= 0.6 is 0 Å². The first-order valence-corrected chi connectivity index (χ1v) is 15.8. The molecule has 5 aromatic carbocycles. The SMILES string of the molecule is c1ccc(-c2ccc(-c3ccc(-c4nc(-c5ccccn5)nc(-c5ccccn5)n4)cc3-c3ccccc3)c(-c3ccccc3)c2)cc1. The second-order valence-electron chi connectivity index (χ2n) is 11.4. The molecule has 3 heterocycles. The standard InChI is InChI=1S/C43H29N5/c1-4-14-30(15-5-1)33-22-24-35(37(28-33)31-16-6-2-7-17-31)36-25-23-34(29-38(36)32-18-8-3-9-19-32)41-46-42(39-20-10-12-26-44-39)48-43(47-41)40-21-11-13-27-45-40/h1-29H. The van der Waals surface area contributed by atoms with Gasteiger partial charge in [-0.05, 0) is 80.9 Å². The maximum Gasteiger partial charge on any atom is 0.182 e. The predicted octanol–water partition coefficient (Wildman–Crippen LogP) is 10.3. The summed E-state index contributed by atoms with van der Waals surface area (Å²) in [6, 6.07) is 56.3. The molecule has 0 bridgehead atoms. The van der Waals surface area contributed by atoms with Gasteiger partial charge >= 0.3 is 0 Å². The van der Waals surface area contributed by atoms with Crippen LogP contribution < -0.4 is 0 Å². The molecule has 0 aliphatic carbocycles. The maximum atomic E-state index is 4.93. The quantitative estimate of drug-likeness (QED) is 0.178. The van der Waals surface area contributed by atoms with Gasteiger partial charge in [0, 0.05) is 18.0 Å². The van der Waals surface area contributed by atoms with Crippen LogP contribution in [0.2, 0.25) is 0 Å². The number of nitrogens with zero attached hydrogens (tertiary/aromatic N) is 5. The number of hydrogen-bond acceptors (Lipinski definition) is 5. The minimum Gasteiger partial charge on any atom is -0.253 e. The average Bonchev–Trinajstić information content (AvgIpc) is 3.19. The zero-order valence-electron chi connectivity index (χ0n) is 26.0. The molecule has 0 N–H and O–H groups in total. The van der Waals surface area contributed by atoms with Crippen LogP contribution in [0.4, 0.5) is 0 Å². The lowest BCUT2D eigenvalue weighted by atomic mass is 9.86. The summed E-state index contributed by atoms with van der Waals surface area (Å²) < 4.78 is 0. The molecule has 8 aromatic rings.